The Balaban J connectivity index is 2.36. The van der Waals surface area contributed by atoms with Gasteiger partial charge in [-0.05, 0) is 34.7 Å². The second kappa shape index (κ2) is 4.68. The van der Waals surface area contributed by atoms with E-state index in [0.717, 1.165) is 16.0 Å². The molecule has 0 amide bonds. The number of thiophene rings is 1. The van der Waals surface area contributed by atoms with Crippen LogP contribution in [0.4, 0.5) is 0 Å². The number of carbonyl (C=O) groups is 1. The number of carboxylic acid groups (broad SMARTS) is 1. The molecule has 2 aromatic rings. The molecule has 0 aliphatic rings. The van der Waals surface area contributed by atoms with Crippen molar-refractivity contribution in [2.45, 2.75) is 6.42 Å². The van der Waals surface area contributed by atoms with Crippen molar-refractivity contribution in [3.8, 4) is 10.4 Å². The maximum absolute atomic E-state index is 10.6. The summed E-state index contributed by atoms with van der Waals surface area (Å²) < 4.78 is 0. The van der Waals surface area contributed by atoms with Crippen LogP contribution in [-0.2, 0) is 11.2 Å². The maximum atomic E-state index is 10.6. The summed E-state index contributed by atoms with van der Waals surface area (Å²) in [7, 11) is 0. The lowest BCUT2D eigenvalue weighted by molar-refractivity contribution is -0.304. The van der Waals surface area contributed by atoms with Crippen molar-refractivity contribution in [1.29, 1.82) is 0 Å². The molecule has 0 bridgehead atoms. The highest BCUT2D eigenvalue weighted by Gasteiger charge is 2.06. The molecule has 2 nitrogen and oxygen atoms in total. The molecule has 0 saturated carbocycles. The fraction of sp³-hybridized carbons (Fsp3) is 0.0833. The van der Waals surface area contributed by atoms with E-state index in [1.807, 2.05) is 23.6 Å². The van der Waals surface area contributed by atoms with Crippen LogP contribution in [0.15, 0.2) is 35.7 Å². The van der Waals surface area contributed by atoms with E-state index in [-0.39, 0.29) is 6.42 Å². The Morgan fingerprint density at radius 1 is 1.25 bits per heavy atom. The van der Waals surface area contributed by atoms with Crippen LogP contribution in [0, 0.1) is 0 Å². The standard InChI is InChI=1S/C12H9ClO2S/c13-10-3-1-8(2-4-10)12-9(5-6-16-12)7-11(14)15/h1-6H,7H2,(H,14,15)/p-1. The minimum absolute atomic E-state index is 0.0541. The lowest BCUT2D eigenvalue weighted by Crippen LogP contribution is -2.24. The maximum Gasteiger partial charge on any atom is 0.0458 e. The van der Waals surface area contributed by atoms with Crippen LogP contribution in [0.2, 0.25) is 5.02 Å². The van der Waals surface area contributed by atoms with Crippen LogP contribution in [0.5, 0.6) is 0 Å². The van der Waals surface area contributed by atoms with Crippen LogP contribution >= 0.6 is 22.9 Å². The van der Waals surface area contributed by atoms with Gasteiger partial charge >= 0.3 is 0 Å². The first-order valence-electron chi connectivity index (χ1n) is 4.69. The van der Waals surface area contributed by atoms with Crippen molar-refractivity contribution in [1.82, 2.24) is 0 Å². The average molecular weight is 252 g/mol. The van der Waals surface area contributed by atoms with E-state index < -0.39 is 5.97 Å². The average Bonchev–Trinajstić information content (AvgIpc) is 2.66. The van der Waals surface area contributed by atoms with Crippen molar-refractivity contribution in [2.75, 3.05) is 0 Å². The van der Waals surface area contributed by atoms with Gasteiger partial charge in [-0.3, -0.25) is 0 Å². The molecule has 0 atom stereocenters. The quantitative estimate of drug-likeness (QED) is 0.840. The number of aliphatic carboxylic acids is 1. The van der Waals surface area contributed by atoms with Crippen LogP contribution in [-0.4, -0.2) is 5.97 Å². The molecule has 16 heavy (non-hydrogen) atoms. The first-order valence-corrected chi connectivity index (χ1v) is 5.95. The highest BCUT2D eigenvalue weighted by molar-refractivity contribution is 7.13. The number of halogens is 1. The second-order valence-electron chi connectivity index (χ2n) is 3.33. The van der Waals surface area contributed by atoms with E-state index in [0.29, 0.717) is 5.02 Å². The minimum atomic E-state index is -1.06. The number of carboxylic acids is 1. The van der Waals surface area contributed by atoms with Gasteiger partial charge in [0.1, 0.15) is 0 Å². The van der Waals surface area contributed by atoms with Gasteiger partial charge in [0.15, 0.2) is 0 Å². The largest absolute Gasteiger partial charge is 0.550 e. The van der Waals surface area contributed by atoms with E-state index in [4.69, 9.17) is 11.6 Å². The molecule has 1 heterocycles. The SMILES string of the molecule is O=C([O-])Cc1ccsc1-c1ccc(Cl)cc1. The Morgan fingerprint density at radius 3 is 2.56 bits per heavy atom. The Bertz CT molecular complexity index is 502. The summed E-state index contributed by atoms with van der Waals surface area (Å²) >= 11 is 7.31. The van der Waals surface area contributed by atoms with Gasteiger partial charge in [0.2, 0.25) is 0 Å². The van der Waals surface area contributed by atoms with E-state index in [2.05, 4.69) is 0 Å². The summed E-state index contributed by atoms with van der Waals surface area (Å²) in [6.45, 7) is 0. The smallest absolute Gasteiger partial charge is 0.0458 e. The summed E-state index contributed by atoms with van der Waals surface area (Å²) in [6.07, 6.45) is -0.0541. The molecule has 82 valence electrons. The summed E-state index contributed by atoms with van der Waals surface area (Å²) in [4.78, 5) is 11.5. The number of hydrogen-bond donors (Lipinski definition) is 0. The third-order valence-corrected chi connectivity index (χ3v) is 3.45. The van der Waals surface area contributed by atoms with Crippen molar-refractivity contribution >= 4 is 28.9 Å². The number of benzene rings is 1. The van der Waals surface area contributed by atoms with E-state index in [1.54, 1.807) is 12.1 Å². The predicted octanol–water partition coefficient (Wildman–Crippen LogP) is 2.36. The van der Waals surface area contributed by atoms with E-state index >= 15 is 0 Å². The number of hydrogen-bond acceptors (Lipinski definition) is 3. The Kier molecular flexibility index (Phi) is 3.27. The van der Waals surface area contributed by atoms with Gasteiger partial charge in [-0.2, -0.15) is 0 Å². The summed E-state index contributed by atoms with van der Waals surface area (Å²) in [5, 5.41) is 13.1. The first-order chi connectivity index (χ1) is 7.66. The van der Waals surface area contributed by atoms with Gasteiger partial charge in [0, 0.05) is 22.3 Å². The molecule has 1 aromatic carbocycles. The molecule has 0 saturated heterocycles. The van der Waals surface area contributed by atoms with Gasteiger partial charge in [0.05, 0.1) is 0 Å². The number of carbonyl (C=O) groups excluding carboxylic acids is 1. The van der Waals surface area contributed by atoms with Crippen molar-refractivity contribution in [3.63, 3.8) is 0 Å². The minimum Gasteiger partial charge on any atom is -0.550 e. The van der Waals surface area contributed by atoms with Crippen molar-refractivity contribution in [2.24, 2.45) is 0 Å². The Morgan fingerprint density at radius 2 is 1.94 bits per heavy atom. The molecular weight excluding hydrogens is 244 g/mol. The third kappa shape index (κ3) is 2.43. The van der Waals surface area contributed by atoms with Gasteiger partial charge in [-0.1, -0.05) is 23.7 Å². The zero-order valence-electron chi connectivity index (χ0n) is 8.27. The van der Waals surface area contributed by atoms with Gasteiger partial charge < -0.3 is 9.90 Å². The van der Waals surface area contributed by atoms with E-state index in [1.165, 1.54) is 11.3 Å². The summed E-state index contributed by atoms with van der Waals surface area (Å²) in [5.74, 6) is -1.06. The summed E-state index contributed by atoms with van der Waals surface area (Å²) in [6, 6.07) is 9.16. The molecule has 1 aromatic heterocycles. The normalized spacial score (nSPS) is 10.3. The monoisotopic (exact) mass is 251 g/mol. The fourth-order valence-electron chi connectivity index (χ4n) is 1.48. The predicted molar refractivity (Wildman–Crippen MR) is 63.5 cm³/mol. The molecule has 0 radical (unpaired) electrons. The van der Waals surface area contributed by atoms with Crippen LogP contribution in [0.1, 0.15) is 5.56 Å². The van der Waals surface area contributed by atoms with Crippen molar-refractivity contribution in [3.05, 3.63) is 46.3 Å². The van der Waals surface area contributed by atoms with E-state index in [9.17, 15) is 9.90 Å². The lowest BCUT2D eigenvalue weighted by atomic mass is 10.1. The Labute approximate surface area is 102 Å². The van der Waals surface area contributed by atoms with Gasteiger partial charge in [0.25, 0.3) is 0 Å². The molecule has 0 unspecified atom stereocenters. The van der Waals surface area contributed by atoms with Gasteiger partial charge in [-0.15, -0.1) is 11.3 Å². The molecule has 0 spiro atoms. The molecule has 2 rings (SSSR count). The van der Waals surface area contributed by atoms with Crippen LogP contribution in [0.25, 0.3) is 10.4 Å². The highest BCUT2D eigenvalue weighted by Crippen LogP contribution is 2.30. The molecule has 4 heteroatoms. The first kappa shape index (κ1) is 11.2. The van der Waals surface area contributed by atoms with Crippen molar-refractivity contribution < 1.29 is 9.90 Å². The zero-order chi connectivity index (χ0) is 11.5. The van der Waals surface area contributed by atoms with Crippen LogP contribution in [0.3, 0.4) is 0 Å². The molecule has 0 fully saturated rings. The Hall–Kier alpha value is -1.32. The molecule has 0 N–H and O–H groups in total. The van der Waals surface area contributed by atoms with Crippen LogP contribution < -0.4 is 5.11 Å². The molecule has 0 aliphatic heterocycles. The number of rotatable bonds is 3. The second-order valence-corrected chi connectivity index (χ2v) is 4.68. The highest BCUT2D eigenvalue weighted by atomic mass is 35.5. The summed E-state index contributed by atoms with van der Waals surface area (Å²) in [5.41, 5.74) is 1.77. The molecular formula is C12H8ClO2S-. The molecule has 0 aliphatic carbocycles. The topological polar surface area (TPSA) is 40.1 Å². The third-order valence-electron chi connectivity index (χ3n) is 2.19. The fourth-order valence-corrected chi connectivity index (χ4v) is 2.54. The lowest BCUT2D eigenvalue weighted by Gasteiger charge is -2.04. The van der Waals surface area contributed by atoms with Gasteiger partial charge in [-0.25, -0.2) is 0 Å². The zero-order valence-corrected chi connectivity index (χ0v) is 9.85.